The number of rotatable bonds is 7. The maximum atomic E-state index is 5.64. The van der Waals surface area contributed by atoms with Crippen LogP contribution in [0, 0.1) is 0 Å². The lowest BCUT2D eigenvalue weighted by Crippen LogP contribution is -2.23. The smallest absolute Gasteiger partial charge is 0.0701 e. The highest BCUT2D eigenvalue weighted by Gasteiger charge is 2.02. The van der Waals surface area contributed by atoms with Crippen LogP contribution in [0.3, 0.4) is 0 Å². The number of hydrogen-bond acceptors (Lipinski definition) is 2. The average Bonchev–Trinajstić information content (AvgIpc) is 2.34. The molecule has 0 aliphatic carbocycles. The summed E-state index contributed by atoms with van der Waals surface area (Å²) in [6.07, 6.45) is 6.46. The second-order valence-electron chi connectivity index (χ2n) is 3.79. The van der Waals surface area contributed by atoms with Gasteiger partial charge >= 0.3 is 0 Å². The van der Waals surface area contributed by atoms with E-state index in [1.54, 1.807) is 0 Å². The molecule has 2 N–H and O–H groups in total. The number of hydrogen-bond donors (Lipinski definition) is 1. The number of nitrogens with two attached hydrogens (primary N) is 1. The number of ether oxygens (including phenoxy) is 1. The Labute approximate surface area is 98.1 Å². The van der Waals surface area contributed by atoms with Crippen LogP contribution in [0.4, 0.5) is 0 Å². The van der Waals surface area contributed by atoms with Gasteiger partial charge in [0.1, 0.15) is 0 Å². The van der Waals surface area contributed by atoms with Crippen molar-refractivity contribution in [2.45, 2.75) is 25.9 Å². The lowest BCUT2D eigenvalue weighted by atomic mass is 10.2. The second-order valence-corrected chi connectivity index (χ2v) is 3.79. The van der Waals surface area contributed by atoms with Crippen molar-refractivity contribution >= 4 is 6.08 Å². The Kier molecular flexibility index (Phi) is 6.54. The zero-order chi connectivity index (χ0) is 11.6. The van der Waals surface area contributed by atoms with E-state index in [0.717, 1.165) is 12.8 Å². The molecule has 0 amide bonds. The van der Waals surface area contributed by atoms with Gasteiger partial charge in [-0.25, -0.2) is 0 Å². The summed E-state index contributed by atoms with van der Waals surface area (Å²) in [6, 6.07) is 10.2. The molecule has 1 aromatic carbocycles. The Balaban J connectivity index is 2.26. The fourth-order valence-electron chi connectivity index (χ4n) is 1.53. The molecule has 0 saturated heterocycles. The van der Waals surface area contributed by atoms with Crippen molar-refractivity contribution in [3.05, 3.63) is 42.0 Å². The third-order valence-electron chi connectivity index (χ3n) is 2.41. The van der Waals surface area contributed by atoms with Crippen LogP contribution in [0.1, 0.15) is 25.3 Å². The molecule has 0 radical (unpaired) electrons. The molecular formula is C14H21NO. The van der Waals surface area contributed by atoms with Gasteiger partial charge in [0.25, 0.3) is 0 Å². The Morgan fingerprint density at radius 2 is 2.06 bits per heavy atom. The molecule has 0 aliphatic heterocycles. The van der Waals surface area contributed by atoms with Gasteiger partial charge in [0.15, 0.2) is 0 Å². The van der Waals surface area contributed by atoms with Crippen LogP contribution in [0.5, 0.6) is 0 Å². The highest BCUT2D eigenvalue weighted by molar-refractivity contribution is 5.48. The molecule has 0 aliphatic rings. The summed E-state index contributed by atoms with van der Waals surface area (Å²) in [5.41, 5.74) is 6.80. The first kappa shape index (κ1) is 12.9. The Bertz CT molecular complexity index is 295. The summed E-state index contributed by atoms with van der Waals surface area (Å²) in [5.74, 6) is 0. The van der Waals surface area contributed by atoms with Crippen molar-refractivity contribution in [1.82, 2.24) is 0 Å². The molecule has 1 atom stereocenters. The van der Waals surface area contributed by atoms with Gasteiger partial charge in [-0.1, -0.05) is 55.8 Å². The van der Waals surface area contributed by atoms with Crippen LogP contribution >= 0.6 is 0 Å². The zero-order valence-electron chi connectivity index (χ0n) is 9.93. The molecular weight excluding hydrogens is 198 g/mol. The maximum Gasteiger partial charge on any atom is 0.0701 e. The van der Waals surface area contributed by atoms with E-state index in [9.17, 15) is 0 Å². The van der Waals surface area contributed by atoms with E-state index in [2.05, 4.69) is 25.1 Å². The average molecular weight is 219 g/mol. The normalized spacial score (nSPS) is 13.1. The van der Waals surface area contributed by atoms with Gasteiger partial charge in [0.2, 0.25) is 0 Å². The summed E-state index contributed by atoms with van der Waals surface area (Å²) in [6.45, 7) is 3.38. The van der Waals surface area contributed by atoms with E-state index in [0.29, 0.717) is 13.2 Å². The van der Waals surface area contributed by atoms with Crippen LogP contribution in [0.25, 0.3) is 6.08 Å². The minimum absolute atomic E-state index is 0.199. The lowest BCUT2D eigenvalue weighted by Gasteiger charge is -2.13. The predicted octanol–water partition coefficient (Wildman–Crippen LogP) is 2.84. The van der Waals surface area contributed by atoms with E-state index in [-0.39, 0.29) is 6.10 Å². The molecule has 0 spiro atoms. The summed E-state index contributed by atoms with van der Waals surface area (Å²) in [5, 5.41) is 0. The molecule has 0 fully saturated rings. The molecule has 88 valence electrons. The molecule has 2 heteroatoms. The molecule has 1 aromatic rings. The summed E-state index contributed by atoms with van der Waals surface area (Å²) >= 11 is 0. The molecule has 0 aromatic heterocycles. The fraction of sp³-hybridized carbons (Fsp3) is 0.429. The second kappa shape index (κ2) is 8.08. The van der Waals surface area contributed by atoms with Crippen LogP contribution in [-0.4, -0.2) is 19.3 Å². The molecule has 0 saturated carbocycles. The minimum Gasteiger partial charge on any atom is -0.373 e. The van der Waals surface area contributed by atoms with E-state index in [1.807, 2.05) is 24.3 Å². The van der Waals surface area contributed by atoms with Crippen LogP contribution in [-0.2, 0) is 4.74 Å². The lowest BCUT2D eigenvalue weighted by molar-refractivity contribution is 0.0740. The minimum atomic E-state index is 0.199. The van der Waals surface area contributed by atoms with Crippen molar-refractivity contribution in [3.63, 3.8) is 0 Å². The first-order valence-corrected chi connectivity index (χ1v) is 5.90. The van der Waals surface area contributed by atoms with E-state index >= 15 is 0 Å². The zero-order valence-corrected chi connectivity index (χ0v) is 9.93. The number of benzene rings is 1. The first-order chi connectivity index (χ1) is 7.86. The topological polar surface area (TPSA) is 35.2 Å². The predicted molar refractivity (Wildman–Crippen MR) is 69.2 cm³/mol. The summed E-state index contributed by atoms with van der Waals surface area (Å²) in [7, 11) is 0. The van der Waals surface area contributed by atoms with Gasteiger partial charge in [-0.05, 0) is 12.0 Å². The highest BCUT2D eigenvalue weighted by Crippen LogP contribution is 2.03. The van der Waals surface area contributed by atoms with Crippen molar-refractivity contribution in [1.29, 1.82) is 0 Å². The van der Waals surface area contributed by atoms with Gasteiger partial charge in [-0.15, -0.1) is 0 Å². The maximum absolute atomic E-state index is 5.64. The first-order valence-electron chi connectivity index (χ1n) is 5.90. The van der Waals surface area contributed by atoms with Crippen molar-refractivity contribution in [2.24, 2.45) is 5.73 Å². The molecule has 0 heterocycles. The van der Waals surface area contributed by atoms with Gasteiger partial charge in [0, 0.05) is 6.54 Å². The van der Waals surface area contributed by atoms with E-state index in [1.165, 1.54) is 5.56 Å². The standard InChI is InChI=1S/C14H21NO/c1-2-7-14(12-15)16-11-6-10-13-8-4-3-5-9-13/h3-6,8-10,14H,2,7,11-12,15H2,1H3/b10-6+. The van der Waals surface area contributed by atoms with Crippen molar-refractivity contribution in [3.8, 4) is 0 Å². The SMILES string of the molecule is CCCC(CN)OC/C=C/c1ccccc1. The van der Waals surface area contributed by atoms with Crippen molar-refractivity contribution < 1.29 is 4.74 Å². The van der Waals surface area contributed by atoms with Gasteiger partial charge in [0.05, 0.1) is 12.7 Å². The van der Waals surface area contributed by atoms with Crippen LogP contribution < -0.4 is 5.73 Å². The summed E-state index contributed by atoms with van der Waals surface area (Å²) in [4.78, 5) is 0. The largest absolute Gasteiger partial charge is 0.373 e. The molecule has 2 nitrogen and oxygen atoms in total. The highest BCUT2D eigenvalue weighted by atomic mass is 16.5. The monoisotopic (exact) mass is 219 g/mol. The van der Waals surface area contributed by atoms with E-state index < -0.39 is 0 Å². The molecule has 1 unspecified atom stereocenters. The Morgan fingerprint density at radius 3 is 2.69 bits per heavy atom. The van der Waals surface area contributed by atoms with Gasteiger partial charge in [-0.3, -0.25) is 0 Å². The van der Waals surface area contributed by atoms with Gasteiger partial charge < -0.3 is 10.5 Å². The fourth-order valence-corrected chi connectivity index (χ4v) is 1.53. The van der Waals surface area contributed by atoms with E-state index in [4.69, 9.17) is 10.5 Å². The quantitative estimate of drug-likeness (QED) is 0.765. The third-order valence-corrected chi connectivity index (χ3v) is 2.41. The Hall–Kier alpha value is -1.12. The van der Waals surface area contributed by atoms with Crippen LogP contribution in [0.15, 0.2) is 36.4 Å². The molecule has 16 heavy (non-hydrogen) atoms. The van der Waals surface area contributed by atoms with Crippen molar-refractivity contribution in [2.75, 3.05) is 13.2 Å². The third kappa shape index (κ3) is 5.10. The van der Waals surface area contributed by atoms with Gasteiger partial charge in [-0.2, -0.15) is 0 Å². The Morgan fingerprint density at radius 1 is 1.31 bits per heavy atom. The summed E-state index contributed by atoms with van der Waals surface area (Å²) < 4.78 is 5.64. The van der Waals surface area contributed by atoms with Crippen LogP contribution in [0.2, 0.25) is 0 Å². The molecule has 0 bridgehead atoms. The molecule has 1 rings (SSSR count).